The molecule has 0 aliphatic rings. The van der Waals surface area contributed by atoms with Gasteiger partial charge in [-0.25, -0.2) is 0 Å². The number of nitrogens with zero attached hydrogens (tertiary/aromatic N) is 3. The monoisotopic (exact) mass is 951 g/mol. The number of hydrogen-bond acceptors (Lipinski definition) is 2. The Morgan fingerprint density at radius 1 is 0.446 bits per heavy atom. The Morgan fingerprint density at radius 3 is 1.78 bits per heavy atom. The quantitative estimate of drug-likeness (QED) is 0.133. The van der Waals surface area contributed by atoms with E-state index in [2.05, 4.69) is 261 Å². The zero-order chi connectivity index (χ0) is 49.6. The summed E-state index contributed by atoms with van der Waals surface area (Å²) < 4.78 is 12.2. The molecule has 11 aromatic carbocycles. The molecular weight excluding hydrogens is 899 g/mol. The Balaban J connectivity index is 1.05. The van der Waals surface area contributed by atoms with E-state index in [4.69, 9.17) is 9.41 Å². The molecule has 4 heteroatoms. The first kappa shape index (κ1) is 43.8. The zero-order valence-corrected chi connectivity index (χ0v) is 42.0. The summed E-state index contributed by atoms with van der Waals surface area (Å²) in [6, 6.07) is 81.8. The van der Waals surface area contributed by atoms with Crippen LogP contribution < -0.4 is 0 Å². The van der Waals surface area contributed by atoms with Gasteiger partial charge in [0.1, 0.15) is 11.2 Å². The molecule has 0 N–H and O–H groups in total. The largest absolute Gasteiger partial charge is 0.456 e. The Hall–Kier alpha value is -8.99. The number of para-hydroxylation sites is 2. The van der Waals surface area contributed by atoms with Crippen LogP contribution in [0.5, 0.6) is 0 Å². The molecule has 0 bridgehead atoms. The van der Waals surface area contributed by atoms with Gasteiger partial charge in [0.05, 0.1) is 33.8 Å². The van der Waals surface area contributed by atoms with E-state index in [1.807, 2.05) is 0 Å². The molecule has 0 aliphatic heterocycles. The van der Waals surface area contributed by atoms with Gasteiger partial charge in [-0.3, -0.25) is 4.99 Å². The van der Waals surface area contributed by atoms with Crippen molar-refractivity contribution in [1.82, 2.24) is 9.13 Å². The molecule has 0 aliphatic carbocycles. The number of rotatable bonds is 9. The van der Waals surface area contributed by atoms with Crippen molar-refractivity contribution in [3.63, 3.8) is 0 Å². The summed E-state index contributed by atoms with van der Waals surface area (Å²) in [5.41, 5.74) is 15.4. The number of furan rings is 1. The van der Waals surface area contributed by atoms with E-state index >= 15 is 0 Å². The number of allylic oxidation sites excluding steroid dienone is 2. The number of benzene rings is 11. The van der Waals surface area contributed by atoms with Crippen molar-refractivity contribution in [2.45, 2.75) is 40.2 Å². The van der Waals surface area contributed by atoms with Crippen molar-refractivity contribution in [3.8, 4) is 11.4 Å². The Morgan fingerprint density at radius 2 is 1.04 bits per heavy atom. The van der Waals surface area contributed by atoms with Gasteiger partial charge in [0, 0.05) is 54.6 Å². The summed E-state index contributed by atoms with van der Waals surface area (Å²) in [5, 5.41) is 14.3. The van der Waals surface area contributed by atoms with Crippen LogP contribution in [0, 0.1) is 5.92 Å². The molecule has 0 saturated carbocycles. The number of aromatic nitrogens is 2. The Bertz CT molecular complexity index is 4620. The van der Waals surface area contributed by atoms with Gasteiger partial charge in [-0.1, -0.05) is 184 Å². The molecule has 3 heterocycles. The van der Waals surface area contributed by atoms with E-state index < -0.39 is 0 Å². The van der Waals surface area contributed by atoms with E-state index in [0.29, 0.717) is 0 Å². The first-order valence-corrected chi connectivity index (χ1v) is 26.0. The van der Waals surface area contributed by atoms with Crippen LogP contribution in [0.25, 0.3) is 115 Å². The Labute approximate surface area is 429 Å². The summed E-state index contributed by atoms with van der Waals surface area (Å²) in [7, 11) is 0. The highest BCUT2D eigenvalue weighted by atomic mass is 16.3. The highest BCUT2D eigenvalue weighted by molar-refractivity contribution is 6.22. The van der Waals surface area contributed by atoms with Crippen LogP contribution in [-0.2, 0) is 0 Å². The van der Waals surface area contributed by atoms with Crippen LogP contribution in [-0.4, -0.2) is 14.8 Å². The minimum atomic E-state index is -0.274. The van der Waals surface area contributed by atoms with Crippen molar-refractivity contribution in [1.29, 1.82) is 0 Å². The molecule has 0 spiro atoms. The molecular formula is C70H53N3O. The smallest absolute Gasteiger partial charge is 0.140 e. The number of hydrogen-bond donors (Lipinski definition) is 0. The molecule has 3 aromatic heterocycles. The lowest BCUT2D eigenvalue weighted by molar-refractivity contribution is 0.457. The lowest BCUT2D eigenvalue weighted by atomic mass is 9.89. The first-order valence-electron chi connectivity index (χ1n) is 26.0. The first-order chi connectivity index (χ1) is 36.4. The molecule has 354 valence electrons. The van der Waals surface area contributed by atoms with Crippen molar-refractivity contribution in [3.05, 3.63) is 247 Å². The van der Waals surface area contributed by atoms with E-state index in [9.17, 15) is 0 Å². The van der Waals surface area contributed by atoms with Crippen molar-refractivity contribution in [2.75, 3.05) is 0 Å². The number of fused-ring (bicyclic) bond motifs is 13. The van der Waals surface area contributed by atoms with Gasteiger partial charge in [0.25, 0.3) is 0 Å². The number of aliphatic imine (C=N–C) groups is 1. The maximum absolute atomic E-state index is 7.23. The molecule has 14 rings (SSSR count). The van der Waals surface area contributed by atoms with Crippen LogP contribution in [0.1, 0.15) is 56.8 Å². The van der Waals surface area contributed by atoms with Gasteiger partial charge in [-0.15, -0.1) is 0 Å². The van der Waals surface area contributed by atoms with Gasteiger partial charge in [0.2, 0.25) is 0 Å². The van der Waals surface area contributed by atoms with Crippen molar-refractivity contribution >= 4 is 109 Å². The van der Waals surface area contributed by atoms with Gasteiger partial charge in [-0.2, -0.15) is 0 Å². The fourth-order valence-electron chi connectivity index (χ4n) is 12.0. The Kier molecular flexibility index (Phi) is 10.3. The second-order valence-corrected chi connectivity index (χ2v) is 20.3. The third-order valence-corrected chi connectivity index (χ3v) is 16.1. The molecule has 74 heavy (non-hydrogen) atoms. The minimum absolute atomic E-state index is 0.147. The SMILES string of the molecule is CCC(C)C(/N=C(\C(C)=C(/C)c1ccc2c3ccccc3n(-c3ccccc3)c2c1)c1ccccc1)c1cc(-n2c3cc4ccccc4cc3c3ccc4ccccc4c32)cc2c1oc1cc3ccccc3cc12. The average molecular weight is 952 g/mol. The van der Waals surface area contributed by atoms with Crippen LogP contribution in [0.3, 0.4) is 0 Å². The maximum Gasteiger partial charge on any atom is 0.140 e. The maximum atomic E-state index is 7.23. The summed E-state index contributed by atoms with van der Waals surface area (Å²) in [6.45, 7) is 9.18. The standard InChI is InChI=1S/C70H53N3O/c1-5-43(2)67(71-68(47-21-8-6-9-22-47)45(4)44(3)48-33-34-57-56-30-18-19-31-63(56)72(64(57)38-48)53-27-10-7-11-28-53)62-42-54(41-61-60-37-50-24-13-15-26-52(50)40-66(60)74-70(61)62)73-65-39-51-25-14-12-23-49(51)36-59(65)58-35-32-46-20-16-17-29-55(46)69(58)73/h6-43,67H,5H2,1-4H3/b45-44+,71-68+. The lowest BCUT2D eigenvalue weighted by Crippen LogP contribution is -2.14. The predicted molar refractivity (Wildman–Crippen MR) is 315 cm³/mol. The molecule has 0 radical (unpaired) electrons. The fourth-order valence-corrected chi connectivity index (χ4v) is 12.0. The van der Waals surface area contributed by atoms with E-state index in [1.165, 1.54) is 81.7 Å². The fraction of sp³-hybridized carbons (Fsp3) is 0.100. The van der Waals surface area contributed by atoms with Crippen LogP contribution in [0.2, 0.25) is 0 Å². The normalized spacial score (nSPS) is 13.6. The van der Waals surface area contributed by atoms with Gasteiger partial charge >= 0.3 is 0 Å². The second-order valence-electron chi connectivity index (χ2n) is 20.3. The van der Waals surface area contributed by atoms with E-state index in [0.717, 1.165) is 67.5 Å². The molecule has 2 atom stereocenters. The highest BCUT2D eigenvalue weighted by Gasteiger charge is 2.28. The minimum Gasteiger partial charge on any atom is -0.456 e. The highest BCUT2D eigenvalue weighted by Crippen LogP contribution is 2.45. The lowest BCUT2D eigenvalue weighted by Gasteiger charge is -2.24. The van der Waals surface area contributed by atoms with E-state index in [-0.39, 0.29) is 12.0 Å². The van der Waals surface area contributed by atoms with Gasteiger partial charge in [0.15, 0.2) is 0 Å². The van der Waals surface area contributed by atoms with Gasteiger partial charge < -0.3 is 13.6 Å². The summed E-state index contributed by atoms with van der Waals surface area (Å²) in [5.74, 6) is 0.147. The molecule has 14 aromatic rings. The molecule has 4 nitrogen and oxygen atoms in total. The molecule has 0 amide bonds. The van der Waals surface area contributed by atoms with E-state index in [1.54, 1.807) is 0 Å². The summed E-state index contributed by atoms with van der Waals surface area (Å²) in [6.07, 6.45) is 0.917. The average Bonchev–Trinajstić information content (AvgIpc) is 4.10. The molecule has 0 saturated heterocycles. The summed E-state index contributed by atoms with van der Waals surface area (Å²) >= 11 is 0. The van der Waals surface area contributed by atoms with Gasteiger partial charge in [-0.05, 0) is 130 Å². The third kappa shape index (κ3) is 6.93. The van der Waals surface area contributed by atoms with Crippen molar-refractivity contribution in [2.24, 2.45) is 10.9 Å². The van der Waals surface area contributed by atoms with Crippen molar-refractivity contribution < 1.29 is 4.42 Å². The second kappa shape index (κ2) is 17.4. The third-order valence-electron chi connectivity index (χ3n) is 16.1. The van der Waals surface area contributed by atoms with Crippen LogP contribution in [0.15, 0.2) is 239 Å². The topological polar surface area (TPSA) is 35.4 Å². The summed E-state index contributed by atoms with van der Waals surface area (Å²) in [4.78, 5) is 6.09. The molecule has 0 fully saturated rings. The zero-order valence-electron chi connectivity index (χ0n) is 42.0. The van der Waals surface area contributed by atoms with Crippen LogP contribution >= 0.6 is 0 Å². The molecule has 2 unspecified atom stereocenters. The predicted octanol–water partition coefficient (Wildman–Crippen LogP) is 19.3. The van der Waals surface area contributed by atoms with Crippen LogP contribution in [0.4, 0.5) is 0 Å².